The first-order valence-electron chi connectivity index (χ1n) is 6.34. The van der Waals surface area contributed by atoms with Gasteiger partial charge in [0, 0.05) is 30.1 Å². The lowest BCUT2D eigenvalue weighted by Gasteiger charge is -2.26. The maximum atomic E-state index is 12.5. The van der Waals surface area contributed by atoms with Crippen molar-refractivity contribution in [1.82, 2.24) is 4.90 Å². The molecule has 1 amide bonds. The third-order valence-electron chi connectivity index (χ3n) is 3.15. The number of hydrogen-bond acceptors (Lipinski definition) is 7. The first-order valence-corrected chi connectivity index (χ1v) is 6.34. The molecule has 1 heterocycles. The van der Waals surface area contributed by atoms with E-state index in [1.54, 1.807) is 0 Å². The lowest BCUT2D eigenvalue weighted by atomic mass is 10.1. The molecule has 0 aliphatic carbocycles. The standard InChI is InChI=1S/C11H10N6O6/c12-14-13-7-5-8(16(19)20)10(9(6-7)17(21)22)11(18)15-1-3-23-4-2-15/h5-6H,1-4H2. The highest BCUT2D eigenvalue weighted by atomic mass is 16.6. The van der Waals surface area contributed by atoms with E-state index in [1.807, 2.05) is 0 Å². The Hall–Kier alpha value is -3.24. The van der Waals surface area contributed by atoms with E-state index in [2.05, 4.69) is 10.0 Å². The largest absolute Gasteiger partial charge is 0.378 e. The van der Waals surface area contributed by atoms with E-state index < -0.39 is 32.7 Å². The van der Waals surface area contributed by atoms with Gasteiger partial charge in [0.15, 0.2) is 5.56 Å². The highest BCUT2D eigenvalue weighted by molar-refractivity contribution is 6.02. The second kappa shape index (κ2) is 6.68. The summed E-state index contributed by atoms with van der Waals surface area (Å²) >= 11 is 0. The average molecular weight is 322 g/mol. The Bertz CT molecular complexity index is 687. The number of morpholine rings is 1. The molecule has 1 aromatic rings. The number of amides is 1. The molecule has 0 unspecified atom stereocenters. The van der Waals surface area contributed by atoms with Crippen LogP contribution in [0.4, 0.5) is 17.1 Å². The molecule has 0 radical (unpaired) electrons. The summed E-state index contributed by atoms with van der Waals surface area (Å²) in [5.41, 5.74) is 5.88. The Morgan fingerprint density at radius 1 is 1.22 bits per heavy atom. The van der Waals surface area contributed by atoms with Crippen LogP contribution in [-0.4, -0.2) is 47.0 Å². The average Bonchev–Trinajstić information content (AvgIpc) is 2.54. The lowest BCUT2D eigenvalue weighted by Crippen LogP contribution is -2.41. The summed E-state index contributed by atoms with van der Waals surface area (Å²) in [4.78, 5) is 36.7. The number of nitro groups is 2. The Morgan fingerprint density at radius 3 is 2.17 bits per heavy atom. The summed E-state index contributed by atoms with van der Waals surface area (Å²) in [6.07, 6.45) is 0. The Kier molecular flexibility index (Phi) is 4.69. The van der Waals surface area contributed by atoms with Gasteiger partial charge >= 0.3 is 0 Å². The summed E-state index contributed by atoms with van der Waals surface area (Å²) in [6.45, 7) is 0.824. The van der Waals surface area contributed by atoms with Crippen molar-refractivity contribution in [3.05, 3.63) is 48.4 Å². The topological polar surface area (TPSA) is 165 Å². The SMILES string of the molecule is [N-]=[N+]=Nc1cc([N+](=O)[O-])c(C(=O)N2CCOCC2)c([N+](=O)[O-])c1. The fourth-order valence-electron chi connectivity index (χ4n) is 2.14. The minimum Gasteiger partial charge on any atom is -0.378 e. The monoisotopic (exact) mass is 322 g/mol. The van der Waals surface area contributed by atoms with Crippen LogP contribution in [0.2, 0.25) is 0 Å². The highest BCUT2D eigenvalue weighted by Gasteiger charge is 2.35. The molecule has 0 spiro atoms. The number of ether oxygens (including phenoxy) is 1. The summed E-state index contributed by atoms with van der Waals surface area (Å²) < 4.78 is 5.08. The van der Waals surface area contributed by atoms with Crippen molar-refractivity contribution < 1.29 is 19.4 Å². The molecule has 23 heavy (non-hydrogen) atoms. The van der Waals surface area contributed by atoms with E-state index in [1.165, 1.54) is 4.90 Å². The van der Waals surface area contributed by atoms with Gasteiger partial charge in [0.25, 0.3) is 17.3 Å². The van der Waals surface area contributed by atoms with E-state index in [0.29, 0.717) is 0 Å². The molecule has 120 valence electrons. The third kappa shape index (κ3) is 3.33. The number of hydrogen-bond donors (Lipinski definition) is 0. The molecule has 0 saturated carbocycles. The fourth-order valence-corrected chi connectivity index (χ4v) is 2.14. The Morgan fingerprint density at radius 2 is 1.74 bits per heavy atom. The van der Waals surface area contributed by atoms with Crippen molar-refractivity contribution in [2.75, 3.05) is 26.3 Å². The Labute approximate surface area is 128 Å². The summed E-state index contributed by atoms with van der Waals surface area (Å²) in [5, 5.41) is 25.5. The molecule has 1 aliphatic heterocycles. The molecular formula is C11H10N6O6. The van der Waals surface area contributed by atoms with E-state index in [4.69, 9.17) is 10.3 Å². The van der Waals surface area contributed by atoms with Crippen LogP contribution >= 0.6 is 0 Å². The number of azide groups is 1. The van der Waals surface area contributed by atoms with E-state index in [9.17, 15) is 25.0 Å². The summed E-state index contributed by atoms with van der Waals surface area (Å²) in [7, 11) is 0. The van der Waals surface area contributed by atoms with Crippen LogP contribution in [-0.2, 0) is 4.74 Å². The first kappa shape index (κ1) is 16.1. The van der Waals surface area contributed by atoms with E-state index in [0.717, 1.165) is 12.1 Å². The zero-order valence-corrected chi connectivity index (χ0v) is 11.6. The van der Waals surface area contributed by atoms with Gasteiger partial charge in [-0.3, -0.25) is 25.0 Å². The second-order valence-corrected chi connectivity index (χ2v) is 4.47. The fraction of sp³-hybridized carbons (Fsp3) is 0.364. The van der Waals surface area contributed by atoms with Crippen molar-refractivity contribution >= 4 is 23.0 Å². The van der Waals surface area contributed by atoms with Gasteiger partial charge in [-0.25, -0.2) is 0 Å². The van der Waals surface area contributed by atoms with Crippen LogP contribution in [0, 0.1) is 20.2 Å². The van der Waals surface area contributed by atoms with Crippen LogP contribution < -0.4 is 0 Å². The predicted octanol–water partition coefficient (Wildman–Crippen LogP) is 1.92. The zero-order chi connectivity index (χ0) is 17.0. The normalized spacial score (nSPS) is 14.0. The molecule has 12 heteroatoms. The van der Waals surface area contributed by atoms with Crippen LogP contribution in [0.5, 0.6) is 0 Å². The van der Waals surface area contributed by atoms with Gasteiger partial charge in [0.1, 0.15) is 0 Å². The van der Waals surface area contributed by atoms with Gasteiger partial charge in [-0.05, 0) is 5.53 Å². The molecule has 0 N–H and O–H groups in total. The van der Waals surface area contributed by atoms with Crippen LogP contribution in [0.15, 0.2) is 17.2 Å². The number of rotatable bonds is 4. The van der Waals surface area contributed by atoms with Crippen LogP contribution in [0.25, 0.3) is 10.4 Å². The second-order valence-electron chi connectivity index (χ2n) is 4.47. The van der Waals surface area contributed by atoms with Gasteiger partial charge in [-0.2, -0.15) is 0 Å². The van der Waals surface area contributed by atoms with Crippen molar-refractivity contribution in [3.63, 3.8) is 0 Å². The van der Waals surface area contributed by atoms with Gasteiger partial charge in [-0.1, -0.05) is 5.11 Å². The predicted molar refractivity (Wildman–Crippen MR) is 75.3 cm³/mol. The first-order chi connectivity index (χ1) is 11.0. The molecule has 0 bridgehead atoms. The zero-order valence-electron chi connectivity index (χ0n) is 11.6. The number of nitro benzene ring substituents is 2. The molecule has 1 aromatic carbocycles. The molecular weight excluding hydrogens is 312 g/mol. The highest BCUT2D eigenvalue weighted by Crippen LogP contribution is 2.35. The van der Waals surface area contributed by atoms with E-state index in [-0.39, 0.29) is 32.0 Å². The third-order valence-corrected chi connectivity index (χ3v) is 3.15. The van der Waals surface area contributed by atoms with E-state index >= 15 is 0 Å². The van der Waals surface area contributed by atoms with Crippen LogP contribution in [0.3, 0.4) is 0 Å². The van der Waals surface area contributed by atoms with Crippen LogP contribution in [0.1, 0.15) is 10.4 Å². The number of carbonyl (C=O) groups excluding carboxylic acids is 1. The van der Waals surface area contributed by atoms with Crippen molar-refractivity contribution in [3.8, 4) is 0 Å². The number of nitrogens with zero attached hydrogens (tertiary/aromatic N) is 6. The lowest BCUT2D eigenvalue weighted by molar-refractivity contribution is -0.394. The van der Waals surface area contributed by atoms with Crippen molar-refractivity contribution in [2.45, 2.75) is 0 Å². The van der Waals surface area contributed by atoms with Gasteiger partial charge in [-0.15, -0.1) is 0 Å². The minimum atomic E-state index is -0.920. The molecule has 1 aliphatic rings. The van der Waals surface area contributed by atoms with Gasteiger partial charge in [0.2, 0.25) is 0 Å². The molecule has 2 rings (SSSR count). The molecule has 1 saturated heterocycles. The van der Waals surface area contributed by atoms with Gasteiger partial charge < -0.3 is 9.64 Å². The molecule has 0 aromatic heterocycles. The number of carbonyl (C=O) groups is 1. The maximum Gasteiger partial charge on any atom is 0.289 e. The summed E-state index contributed by atoms with van der Waals surface area (Å²) in [6, 6.07) is 1.67. The van der Waals surface area contributed by atoms with Gasteiger partial charge in [0.05, 0.1) is 28.7 Å². The minimum absolute atomic E-state index is 0.172. The number of benzene rings is 1. The summed E-state index contributed by atoms with van der Waals surface area (Å²) in [5.74, 6) is -0.834. The maximum absolute atomic E-state index is 12.5. The smallest absolute Gasteiger partial charge is 0.289 e. The molecule has 12 nitrogen and oxygen atoms in total. The van der Waals surface area contributed by atoms with Crippen molar-refractivity contribution in [2.24, 2.45) is 5.11 Å². The Balaban J connectivity index is 2.63. The van der Waals surface area contributed by atoms with Crippen molar-refractivity contribution in [1.29, 1.82) is 0 Å². The quantitative estimate of drug-likeness (QED) is 0.270. The molecule has 1 fully saturated rings. The molecule has 0 atom stereocenters.